The van der Waals surface area contributed by atoms with Crippen LogP contribution in [-0.4, -0.2) is 22.4 Å². The smallest absolute Gasteiger partial charge is 0.0797 e. The molecule has 0 bridgehead atoms. The predicted molar refractivity (Wildman–Crippen MR) is 46.2 cm³/mol. The van der Waals surface area contributed by atoms with Gasteiger partial charge in [0.25, 0.3) is 0 Å². The highest BCUT2D eigenvalue weighted by Crippen LogP contribution is 2.26. The molecule has 0 unspecified atom stereocenters. The third-order valence-corrected chi connectivity index (χ3v) is 1.97. The van der Waals surface area contributed by atoms with E-state index in [1.807, 2.05) is 0 Å². The van der Waals surface area contributed by atoms with Crippen LogP contribution in [-0.2, 0) is 0 Å². The van der Waals surface area contributed by atoms with Crippen molar-refractivity contribution in [2.24, 2.45) is 5.41 Å². The van der Waals surface area contributed by atoms with Crippen LogP contribution < -0.4 is 0 Å². The molecule has 0 aromatic rings. The van der Waals surface area contributed by atoms with Gasteiger partial charge in [0.2, 0.25) is 0 Å². The summed E-state index contributed by atoms with van der Waals surface area (Å²) >= 11 is 0. The minimum atomic E-state index is -0.713. The zero-order chi connectivity index (χ0) is 9.07. The SMILES string of the molecule is C=C[C@H](O)C(C)(C)[C@@H](O)C=C. The first-order chi connectivity index (χ1) is 4.96. The molecular formula is C9H16O2. The van der Waals surface area contributed by atoms with Gasteiger partial charge in [0, 0.05) is 5.41 Å². The molecule has 0 spiro atoms. The molecule has 0 saturated carbocycles. The van der Waals surface area contributed by atoms with Crippen molar-refractivity contribution in [3.8, 4) is 0 Å². The molecule has 2 nitrogen and oxygen atoms in total. The van der Waals surface area contributed by atoms with Gasteiger partial charge in [-0.25, -0.2) is 0 Å². The Hall–Kier alpha value is -0.600. The molecule has 0 radical (unpaired) electrons. The highest BCUT2D eigenvalue weighted by Gasteiger charge is 2.31. The summed E-state index contributed by atoms with van der Waals surface area (Å²) in [4.78, 5) is 0. The number of rotatable bonds is 4. The van der Waals surface area contributed by atoms with E-state index in [0.717, 1.165) is 0 Å². The Labute approximate surface area is 67.9 Å². The standard InChI is InChI=1S/C9H16O2/c1-5-7(10)9(3,4)8(11)6-2/h5-8,10-11H,1-2H2,3-4H3/t7-,8-/m0/s1. The molecule has 0 aliphatic heterocycles. The monoisotopic (exact) mass is 156 g/mol. The molecule has 0 aromatic heterocycles. The summed E-state index contributed by atoms with van der Waals surface area (Å²) in [5.41, 5.74) is -0.608. The van der Waals surface area contributed by atoms with Gasteiger partial charge in [0.15, 0.2) is 0 Å². The lowest BCUT2D eigenvalue weighted by Crippen LogP contribution is -2.38. The zero-order valence-electron chi connectivity index (χ0n) is 7.12. The summed E-state index contributed by atoms with van der Waals surface area (Å²) in [5, 5.41) is 18.7. The van der Waals surface area contributed by atoms with Crippen LogP contribution in [0.5, 0.6) is 0 Å². The van der Waals surface area contributed by atoms with Crippen molar-refractivity contribution >= 4 is 0 Å². The lowest BCUT2D eigenvalue weighted by atomic mass is 9.81. The maximum absolute atomic E-state index is 9.36. The largest absolute Gasteiger partial charge is 0.388 e. The fourth-order valence-corrected chi connectivity index (χ4v) is 0.782. The second-order valence-corrected chi connectivity index (χ2v) is 3.18. The Kier molecular flexibility index (Phi) is 3.49. The number of aliphatic hydroxyl groups excluding tert-OH is 2. The minimum Gasteiger partial charge on any atom is -0.388 e. The molecule has 0 aromatic carbocycles. The van der Waals surface area contributed by atoms with Gasteiger partial charge in [-0.1, -0.05) is 26.0 Å². The van der Waals surface area contributed by atoms with Crippen LogP contribution in [0, 0.1) is 5.41 Å². The Morgan fingerprint density at radius 1 is 1.09 bits per heavy atom. The molecule has 64 valence electrons. The highest BCUT2D eigenvalue weighted by atomic mass is 16.3. The van der Waals surface area contributed by atoms with E-state index in [4.69, 9.17) is 0 Å². The highest BCUT2D eigenvalue weighted by molar-refractivity contribution is 5.00. The molecular weight excluding hydrogens is 140 g/mol. The van der Waals surface area contributed by atoms with Crippen molar-refractivity contribution < 1.29 is 10.2 Å². The van der Waals surface area contributed by atoms with Crippen LogP contribution in [0.1, 0.15) is 13.8 Å². The third kappa shape index (κ3) is 2.17. The molecule has 0 saturated heterocycles. The summed E-state index contributed by atoms with van der Waals surface area (Å²) in [7, 11) is 0. The molecule has 0 aliphatic rings. The molecule has 0 aliphatic carbocycles. The average molecular weight is 156 g/mol. The number of aliphatic hydroxyl groups is 2. The van der Waals surface area contributed by atoms with Gasteiger partial charge in [-0.15, -0.1) is 13.2 Å². The molecule has 2 atom stereocenters. The molecule has 0 amide bonds. The predicted octanol–water partition coefficient (Wildman–Crippen LogP) is 1.11. The normalized spacial score (nSPS) is 17.1. The molecule has 0 fully saturated rings. The molecule has 2 N–H and O–H groups in total. The van der Waals surface area contributed by atoms with Gasteiger partial charge in [-0.2, -0.15) is 0 Å². The zero-order valence-corrected chi connectivity index (χ0v) is 7.12. The lowest BCUT2D eigenvalue weighted by Gasteiger charge is -2.31. The Balaban J connectivity index is 4.41. The Morgan fingerprint density at radius 2 is 1.36 bits per heavy atom. The molecule has 0 rings (SSSR count). The maximum atomic E-state index is 9.36. The van der Waals surface area contributed by atoms with E-state index in [1.165, 1.54) is 12.2 Å². The summed E-state index contributed by atoms with van der Waals surface area (Å²) < 4.78 is 0. The van der Waals surface area contributed by atoms with Crippen LogP contribution in [0.2, 0.25) is 0 Å². The van der Waals surface area contributed by atoms with Crippen molar-refractivity contribution in [2.75, 3.05) is 0 Å². The van der Waals surface area contributed by atoms with E-state index in [2.05, 4.69) is 13.2 Å². The Morgan fingerprint density at radius 3 is 1.55 bits per heavy atom. The van der Waals surface area contributed by atoms with E-state index in [0.29, 0.717) is 0 Å². The van der Waals surface area contributed by atoms with Crippen molar-refractivity contribution in [1.82, 2.24) is 0 Å². The van der Waals surface area contributed by atoms with Gasteiger partial charge in [0.1, 0.15) is 0 Å². The van der Waals surface area contributed by atoms with E-state index in [9.17, 15) is 10.2 Å². The quantitative estimate of drug-likeness (QED) is 0.598. The third-order valence-electron chi connectivity index (χ3n) is 1.97. The van der Waals surface area contributed by atoms with E-state index in [1.54, 1.807) is 13.8 Å². The first-order valence-electron chi connectivity index (χ1n) is 3.58. The van der Waals surface area contributed by atoms with Gasteiger partial charge in [-0.3, -0.25) is 0 Å². The topological polar surface area (TPSA) is 40.5 Å². The second-order valence-electron chi connectivity index (χ2n) is 3.18. The van der Waals surface area contributed by atoms with E-state index >= 15 is 0 Å². The van der Waals surface area contributed by atoms with Gasteiger partial charge in [0.05, 0.1) is 12.2 Å². The van der Waals surface area contributed by atoms with Crippen molar-refractivity contribution in [3.63, 3.8) is 0 Å². The maximum Gasteiger partial charge on any atom is 0.0797 e. The second kappa shape index (κ2) is 3.69. The first kappa shape index (κ1) is 10.4. The molecule has 11 heavy (non-hydrogen) atoms. The molecule has 0 heterocycles. The average Bonchev–Trinajstić information content (AvgIpc) is 2.01. The van der Waals surface area contributed by atoms with Crippen LogP contribution in [0.4, 0.5) is 0 Å². The van der Waals surface area contributed by atoms with Crippen LogP contribution in [0.25, 0.3) is 0 Å². The summed E-state index contributed by atoms with van der Waals surface area (Å²) in [6.07, 6.45) is 1.39. The van der Waals surface area contributed by atoms with Gasteiger partial charge in [-0.05, 0) is 0 Å². The van der Waals surface area contributed by atoms with Crippen LogP contribution in [0.3, 0.4) is 0 Å². The summed E-state index contributed by atoms with van der Waals surface area (Å²) in [5.74, 6) is 0. The van der Waals surface area contributed by atoms with E-state index in [-0.39, 0.29) is 0 Å². The fraction of sp³-hybridized carbons (Fsp3) is 0.556. The van der Waals surface area contributed by atoms with Crippen LogP contribution >= 0.6 is 0 Å². The first-order valence-corrected chi connectivity index (χ1v) is 3.58. The number of hydrogen-bond acceptors (Lipinski definition) is 2. The molecule has 2 heteroatoms. The van der Waals surface area contributed by atoms with Crippen LogP contribution in [0.15, 0.2) is 25.3 Å². The van der Waals surface area contributed by atoms with Gasteiger partial charge < -0.3 is 10.2 Å². The minimum absolute atomic E-state index is 0.608. The van der Waals surface area contributed by atoms with Crippen molar-refractivity contribution in [1.29, 1.82) is 0 Å². The van der Waals surface area contributed by atoms with E-state index < -0.39 is 17.6 Å². The summed E-state index contributed by atoms with van der Waals surface area (Å²) in [6, 6.07) is 0. The lowest BCUT2D eigenvalue weighted by molar-refractivity contribution is 0.0000614. The fourth-order valence-electron chi connectivity index (χ4n) is 0.782. The van der Waals surface area contributed by atoms with Gasteiger partial charge >= 0.3 is 0 Å². The Bertz CT molecular complexity index is 134. The summed E-state index contributed by atoms with van der Waals surface area (Å²) in [6.45, 7) is 10.4. The van der Waals surface area contributed by atoms with Crippen molar-refractivity contribution in [2.45, 2.75) is 26.1 Å². The van der Waals surface area contributed by atoms with Crippen molar-refractivity contribution in [3.05, 3.63) is 25.3 Å². The number of hydrogen-bond donors (Lipinski definition) is 2.